The van der Waals surface area contributed by atoms with E-state index in [-0.39, 0.29) is 5.41 Å². The van der Waals surface area contributed by atoms with Gasteiger partial charge in [0, 0.05) is 18.2 Å². The highest BCUT2D eigenvalue weighted by atomic mass is 79.9. The van der Waals surface area contributed by atoms with Gasteiger partial charge in [-0.05, 0) is 47.0 Å². The monoisotopic (exact) mass is 309 g/mol. The Bertz CT molecular complexity index is 548. The molecule has 5 heteroatoms. The zero-order chi connectivity index (χ0) is 11.9. The Morgan fingerprint density at radius 3 is 2.76 bits per heavy atom. The molecule has 1 fully saturated rings. The summed E-state index contributed by atoms with van der Waals surface area (Å²) in [5.41, 5.74) is 6.86. The first-order valence-corrected chi connectivity index (χ1v) is 7.14. The van der Waals surface area contributed by atoms with Gasteiger partial charge in [-0.15, -0.1) is 11.3 Å². The van der Waals surface area contributed by atoms with Crippen LogP contribution in [0.25, 0.3) is 10.6 Å². The number of nitrogens with zero attached hydrogens (tertiary/aromatic N) is 2. The van der Waals surface area contributed by atoms with E-state index < -0.39 is 0 Å². The highest BCUT2D eigenvalue weighted by molar-refractivity contribution is 9.11. The van der Waals surface area contributed by atoms with Crippen molar-refractivity contribution in [2.75, 3.05) is 6.54 Å². The van der Waals surface area contributed by atoms with Crippen molar-refractivity contribution in [3.8, 4) is 10.6 Å². The summed E-state index contributed by atoms with van der Waals surface area (Å²) in [5, 5.41) is 0. The second-order valence-electron chi connectivity index (χ2n) is 4.35. The predicted octanol–water partition coefficient (Wildman–Crippen LogP) is 2.96. The molecule has 2 aromatic heterocycles. The van der Waals surface area contributed by atoms with Crippen molar-refractivity contribution in [3.63, 3.8) is 0 Å². The van der Waals surface area contributed by atoms with Crippen molar-refractivity contribution in [1.82, 2.24) is 9.97 Å². The summed E-state index contributed by atoms with van der Waals surface area (Å²) in [4.78, 5) is 10.2. The molecule has 3 nitrogen and oxygen atoms in total. The van der Waals surface area contributed by atoms with Gasteiger partial charge in [0.15, 0.2) is 0 Å². The minimum absolute atomic E-state index is 0.0600. The molecule has 0 aliphatic heterocycles. The first kappa shape index (κ1) is 11.3. The molecular formula is C12H12BrN3S. The van der Waals surface area contributed by atoms with Crippen LogP contribution in [-0.2, 0) is 5.41 Å². The summed E-state index contributed by atoms with van der Waals surface area (Å²) >= 11 is 5.15. The topological polar surface area (TPSA) is 51.8 Å². The Kier molecular flexibility index (Phi) is 2.77. The molecule has 88 valence electrons. The summed E-state index contributed by atoms with van der Waals surface area (Å²) in [5.74, 6) is 0.905. The average molecular weight is 310 g/mol. The molecule has 0 radical (unpaired) electrons. The van der Waals surface area contributed by atoms with Gasteiger partial charge in [0.2, 0.25) is 0 Å². The molecule has 0 atom stereocenters. The van der Waals surface area contributed by atoms with E-state index in [9.17, 15) is 0 Å². The summed E-state index contributed by atoms with van der Waals surface area (Å²) in [6, 6.07) is 6.06. The maximum atomic E-state index is 5.81. The van der Waals surface area contributed by atoms with Gasteiger partial charge in [-0.1, -0.05) is 0 Å². The third-order valence-electron chi connectivity index (χ3n) is 3.20. The van der Waals surface area contributed by atoms with E-state index in [1.807, 2.05) is 18.3 Å². The summed E-state index contributed by atoms with van der Waals surface area (Å²) in [6.07, 6.45) is 4.06. The van der Waals surface area contributed by atoms with Crippen molar-refractivity contribution in [3.05, 3.63) is 34.0 Å². The smallest absolute Gasteiger partial charge is 0.136 e. The molecule has 0 amide bonds. The summed E-state index contributed by atoms with van der Waals surface area (Å²) in [7, 11) is 0. The molecular weight excluding hydrogens is 298 g/mol. The van der Waals surface area contributed by atoms with Crippen LogP contribution >= 0.6 is 27.3 Å². The molecule has 1 aliphatic rings. The van der Waals surface area contributed by atoms with E-state index in [0.717, 1.165) is 33.0 Å². The molecule has 0 bridgehead atoms. The molecule has 2 aromatic rings. The molecule has 0 aromatic carbocycles. The lowest BCUT2D eigenvalue weighted by Crippen LogP contribution is -2.22. The number of halogens is 1. The zero-order valence-electron chi connectivity index (χ0n) is 9.19. The zero-order valence-corrected chi connectivity index (χ0v) is 11.6. The molecule has 0 saturated heterocycles. The molecule has 2 N–H and O–H groups in total. The van der Waals surface area contributed by atoms with Gasteiger partial charge >= 0.3 is 0 Å². The van der Waals surface area contributed by atoms with Gasteiger partial charge in [-0.3, -0.25) is 0 Å². The fourth-order valence-corrected chi connectivity index (χ4v) is 3.23. The largest absolute Gasteiger partial charge is 0.329 e. The highest BCUT2D eigenvalue weighted by Crippen LogP contribution is 2.45. The lowest BCUT2D eigenvalue weighted by molar-refractivity contribution is 0.649. The Balaban J connectivity index is 2.00. The van der Waals surface area contributed by atoms with Crippen molar-refractivity contribution in [1.29, 1.82) is 0 Å². The normalized spacial score (nSPS) is 17.1. The third kappa shape index (κ3) is 2.03. The van der Waals surface area contributed by atoms with Crippen LogP contribution in [0, 0.1) is 0 Å². The molecule has 0 unspecified atom stereocenters. The van der Waals surface area contributed by atoms with Crippen molar-refractivity contribution in [2.45, 2.75) is 18.3 Å². The second kappa shape index (κ2) is 4.15. The number of hydrogen-bond acceptors (Lipinski definition) is 4. The maximum Gasteiger partial charge on any atom is 0.136 e. The summed E-state index contributed by atoms with van der Waals surface area (Å²) < 4.78 is 1.12. The fourth-order valence-electron chi connectivity index (χ4n) is 1.87. The molecule has 3 rings (SSSR count). The van der Waals surface area contributed by atoms with Gasteiger partial charge in [0.05, 0.1) is 14.4 Å². The standard InChI is InChI=1S/C12H12BrN3S/c13-10-2-1-9(17-10)8-3-6-15-11(16-8)12(7-14)4-5-12/h1-3,6H,4-5,7,14H2. The second-order valence-corrected chi connectivity index (χ2v) is 6.82. The Morgan fingerprint density at radius 2 is 2.18 bits per heavy atom. The van der Waals surface area contributed by atoms with E-state index in [0.29, 0.717) is 6.54 Å². The minimum Gasteiger partial charge on any atom is -0.329 e. The third-order valence-corrected chi connectivity index (χ3v) is 4.85. The van der Waals surface area contributed by atoms with Gasteiger partial charge in [0.1, 0.15) is 5.82 Å². The van der Waals surface area contributed by atoms with E-state index >= 15 is 0 Å². The van der Waals surface area contributed by atoms with Crippen molar-refractivity contribution in [2.24, 2.45) is 5.73 Å². The van der Waals surface area contributed by atoms with Crippen LogP contribution < -0.4 is 5.73 Å². The SMILES string of the molecule is NCC1(c2nccc(-c3ccc(Br)s3)n2)CC1. The maximum absolute atomic E-state index is 5.81. The van der Waals surface area contributed by atoms with Crippen LogP contribution in [0.2, 0.25) is 0 Å². The molecule has 2 heterocycles. The lowest BCUT2D eigenvalue weighted by atomic mass is 10.1. The quantitative estimate of drug-likeness (QED) is 0.948. The lowest BCUT2D eigenvalue weighted by Gasteiger charge is -2.10. The highest BCUT2D eigenvalue weighted by Gasteiger charge is 2.45. The van der Waals surface area contributed by atoms with E-state index in [4.69, 9.17) is 5.73 Å². The number of rotatable bonds is 3. The Morgan fingerprint density at radius 1 is 1.35 bits per heavy atom. The van der Waals surface area contributed by atoms with E-state index in [1.54, 1.807) is 11.3 Å². The first-order valence-electron chi connectivity index (χ1n) is 5.53. The fraction of sp³-hybridized carbons (Fsp3) is 0.333. The van der Waals surface area contributed by atoms with Crippen LogP contribution in [0.1, 0.15) is 18.7 Å². The summed E-state index contributed by atoms with van der Waals surface area (Å²) in [6.45, 7) is 0.643. The van der Waals surface area contributed by atoms with Gasteiger partial charge in [-0.2, -0.15) is 0 Å². The van der Waals surface area contributed by atoms with Gasteiger partial charge in [0.25, 0.3) is 0 Å². The molecule has 17 heavy (non-hydrogen) atoms. The van der Waals surface area contributed by atoms with Crippen molar-refractivity contribution < 1.29 is 0 Å². The molecule has 0 spiro atoms. The first-order chi connectivity index (χ1) is 8.23. The molecule has 1 saturated carbocycles. The van der Waals surface area contributed by atoms with Crippen LogP contribution in [0.3, 0.4) is 0 Å². The number of nitrogens with two attached hydrogens (primary N) is 1. The van der Waals surface area contributed by atoms with E-state index in [1.165, 1.54) is 0 Å². The minimum atomic E-state index is 0.0600. The van der Waals surface area contributed by atoms with Crippen LogP contribution in [0.5, 0.6) is 0 Å². The average Bonchev–Trinajstić information content (AvgIpc) is 3.06. The van der Waals surface area contributed by atoms with Crippen LogP contribution in [0.15, 0.2) is 28.2 Å². The number of aromatic nitrogens is 2. The van der Waals surface area contributed by atoms with E-state index in [2.05, 4.69) is 32.0 Å². The predicted molar refractivity (Wildman–Crippen MR) is 73.0 cm³/mol. The van der Waals surface area contributed by atoms with Gasteiger partial charge in [-0.25, -0.2) is 9.97 Å². The van der Waals surface area contributed by atoms with Crippen molar-refractivity contribution >= 4 is 27.3 Å². The Labute approximate surface area is 112 Å². The van der Waals surface area contributed by atoms with Gasteiger partial charge < -0.3 is 5.73 Å². The Hall–Kier alpha value is -0.780. The van der Waals surface area contributed by atoms with Crippen LogP contribution in [-0.4, -0.2) is 16.5 Å². The number of hydrogen-bond donors (Lipinski definition) is 1. The number of thiophene rings is 1. The van der Waals surface area contributed by atoms with Crippen LogP contribution in [0.4, 0.5) is 0 Å². The molecule has 1 aliphatic carbocycles.